The Balaban J connectivity index is 1.77. The second kappa shape index (κ2) is 7.65. The minimum atomic E-state index is -3.90. The van der Waals surface area contributed by atoms with Gasteiger partial charge in [0, 0.05) is 31.2 Å². The van der Waals surface area contributed by atoms with Gasteiger partial charge in [0.1, 0.15) is 5.82 Å². The fourth-order valence-corrected chi connectivity index (χ4v) is 6.13. The molecule has 27 heavy (non-hydrogen) atoms. The molecule has 3 rings (SSSR count). The van der Waals surface area contributed by atoms with Gasteiger partial charge in [0.25, 0.3) is 0 Å². The summed E-state index contributed by atoms with van der Waals surface area (Å²) in [6, 6.07) is 9.04. The van der Waals surface area contributed by atoms with E-state index in [9.17, 15) is 21.2 Å². The number of hydrogen-bond donors (Lipinski definition) is 0. The van der Waals surface area contributed by atoms with Crippen LogP contribution < -0.4 is 0 Å². The third-order valence-corrected chi connectivity index (χ3v) is 8.47. The fourth-order valence-electron chi connectivity index (χ4n) is 2.71. The quantitative estimate of drug-likeness (QED) is 0.714. The van der Waals surface area contributed by atoms with Crippen LogP contribution in [0.25, 0.3) is 0 Å². The van der Waals surface area contributed by atoms with Crippen LogP contribution in [0.2, 0.25) is 10.0 Å². The molecule has 1 saturated heterocycles. The lowest BCUT2D eigenvalue weighted by molar-refractivity contribution is 0.273. The SMILES string of the molecule is O=S(=O)(c1cccc(Cl)c1)N1CCN(S(=O)(=O)c2ccc(F)c(Cl)c2)CC1. The number of hydrogen-bond acceptors (Lipinski definition) is 4. The number of halogens is 3. The van der Waals surface area contributed by atoms with Crippen LogP contribution in [0.15, 0.2) is 52.3 Å². The Bertz CT molecular complexity index is 1070. The van der Waals surface area contributed by atoms with Gasteiger partial charge in [-0.3, -0.25) is 0 Å². The first-order valence-electron chi connectivity index (χ1n) is 7.83. The summed E-state index contributed by atoms with van der Waals surface area (Å²) in [7, 11) is -7.68. The highest BCUT2D eigenvalue weighted by atomic mass is 35.5. The van der Waals surface area contributed by atoms with E-state index < -0.39 is 25.9 Å². The Labute approximate surface area is 167 Å². The minimum absolute atomic E-state index is 0.0109. The third-order valence-electron chi connectivity index (χ3n) is 4.16. The summed E-state index contributed by atoms with van der Waals surface area (Å²) in [5, 5.41) is 0.00345. The van der Waals surface area contributed by atoms with E-state index in [1.165, 1.54) is 22.5 Å². The molecule has 1 fully saturated rings. The zero-order chi connectivity index (χ0) is 19.8. The molecule has 0 aromatic heterocycles. The molecule has 0 aliphatic carbocycles. The minimum Gasteiger partial charge on any atom is -0.207 e. The van der Waals surface area contributed by atoms with Crippen molar-refractivity contribution in [2.75, 3.05) is 26.2 Å². The number of rotatable bonds is 4. The number of nitrogens with zero attached hydrogens (tertiary/aromatic N) is 2. The smallest absolute Gasteiger partial charge is 0.207 e. The highest BCUT2D eigenvalue weighted by Gasteiger charge is 2.34. The second-order valence-electron chi connectivity index (χ2n) is 5.84. The average molecular weight is 453 g/mol. The van der Waals surface area contributed by atoms with E-state index in [-0.39, 0.29) is 41.0 Å². The molecule has 146 valence electrons. The molecular formula is C16H15Cl2FN2O4S2. The number of sulfonamides is 2. The molecule has 0 N–H and O–H groups in total. The summed E-state index contributed by atoms with van der Waals surface area (Å²) in [5.41, 5.74) is 0. The summed E-state index contributed by atoms with van der Waals surface area (Å²) in [5.74, 6) is -0.715. The van der Waals surface area contributed by atoms with Gasteiger partial charge in [-0.25, -0.2) is 21.2 Å². The summed E-state index contributed by atoms with van der Waals surface area (Å²) in [6.07, 6.45) is 0. The summed E-state index contributed by atoms with van der Waals surface area (Å²) < 4.78 is 66.4. The van der Waals surface area contributed by atoms with Gasteiger partial charge in [0.2, 0.25) is 20.0 Å². The lowest BCUT2D eigenvalue weighted by atomic mass is 10.3. The first kappa shape index (κ1) is 20.5. The Kier molecular flexibility index (Phi) is 5.81. The number of piperazine rings is 1. The van der Waals surface area contributed by atoms with E-state index in [0.29, 0.717) is 5.02 Å². The highest BCUT2D eigenvalue weighted by molar-refractivity contribution is 7.89. The molecule has 1 aliphatic rings. The molecule has 11 heteroatoms. The van der Waals surface area contributed by atoms with Crippen LogP contribution in [-0.2, 0) is 20.0 Å². The maximum absolute atomic E-state index is 13.3. The molecule has 2 aromatic rings. The zero-order valence-electron chi connectivity index (χ0n) is 13.8. The van der Waals surface area contributed by atoms with E-state index in [1.54, 1.807) is 6.07 Å². The maximum atomic E-state index is 13.3. The van der Waals surface area contributed by atoms with Crippen LogP contribution in [-0.4, -0.2) is 51.6 Å². The second-order valence-corrected chi connectivity index (χ2v) is 10.6. The number of benzene rings is 2. The predicted octanol–water partition coefficient (Wildman–Crippen LogP) is 2.83. The summed E-state index contributed by atoms with van der Waals surface area (Å²) in [6.45, 7) is -0.0831. The summed E-state index contributed by atoms with van der Waals surface area (Å²) in [4.78, 5) is -0.0864. The molecule has 0 bridgehead atoms. The van der Waals surface area contributed by atoms with Crippen molar-refractivity contribution in [2.24, 2.45) is 0 Å². The molecule has 1 heterocycles. The topological polar surface area (TPSA) is 74.8 Å². The maximum Gasteiger partial charge on any atom is 0.243 e. The van der Waals surface area contributed by atoms with Gasteiger partial charge < -0.3 is 0 Å². The largest absolute Gasteiger partial charge is 0.243 e. The van der Waals surface area contributed by atoms with Gasteiger partial charge >= 0.3 is 0 Å². The average Bonchev–Trinajstić information content (AvgIpc) is 2.64. The monoisotopic (exact) mass is 452 g/mol. The lowest BCUT2D eigenvalue weighted by Gasteiger charge is -2.33. The molecule has 1 aliphatic heterocycles. The molecule has 0 unspecified atom stereocenters. The van der Waals surface area contributed by atoms with Gasteiger partial charge in [-0.1, -0.05) is 29.3 Å². The van der Waals surface area contributed by atoms with E-state index in [1.807, 2.05) is 0 Å². The fraction of sp³-hybridized carbons (Fsp3) is 0.250. The van der Waals surface area contributed by atoms with Gasteiger partial charge in [0.05, 0.1) is 14.8 Å². The molecule has 0 spiro atoms. The standard InChI is InChI=1S/C16H15Cl2FN2O4S2/c17-12-2-1-3-13(10-12)26(22,23)20-6-8-21(9-7-20)27(24,25)14-4-5-16(19)15(18)11-14/h1-5,10-11H,6-9H2. The van der Waals surface area contributed by atoms with E-state index in [0.717, 1.165) is 22.5 Å². The van der Waals surface area contributed by atoms with Crippen molar-refractivity contribution in [3.63, 3.8) is 0 Å². The van der Waals surface area contributed by atoms with Gasteiger partial charge in [0.15, 0.2) is 0 Å². The highest BCUT2D eigenvalue weighted by Crippen LogP contribution is 2.25. The van der Waals surface area contributed by atoms with Crippen LogP contribution in [0, 0.1) is 5.82 Å². The molecule has 0 radical (unpaired) electrons. The van der Waals surface area contributed by atoms with Crippen molar-refractivity contribution in [1.29, 1.82) is 0 Å². The van der Waals surface area contributed by atoms with Crippen LogP contribution in [0.3, 0.4) is 0 Å². The third kappa shape index (κ3) is 4.13. The van der Waals surface area contributed by atoms with Crippen molar-refractivity contribution in [2.45, 2.75) is 9.79 Å². The van der Waals surface area contributed by atoms with E-state index >= 15 is 0 Å². The molecule has 6 nitrogen and oxygen atoms in total. The normalized spacial score (nSPS) is 17.1. The molecule has 0 saturated carbocycles. The van der Waals surface area contributed by atoms with Crippen molar-refractivity contribution >= 4 is 43.2 Å². The van der Waals surface area contributed by atoms with Gasteiger partial charge in [-0.05, 0) is 36.4 Å². The van der Waals surface area contributed by atoms with Gasteiger partial charge in [-0.15, -0.1) is 0 Å². The summed E-state index contributed by atoms with van der Waals surface area (Å²) >= 11 is 11.5. The Morgan fingerprint density at radius 3 is 1.78 bits per heavy atom. The Hall–Kier alpha value is -1.23. The first-order valence-corrected chi connectivity index (χ1v) is 11.5. The lowest BCUT2D eigenvalue weighted by Crippen LogP contribution is -2.50. The molecule has 0 amide bonds. The van der Waals surface area contributed by atoms with Crippen molar-refractivity contribution in [3.05, 3.63) is 58.3 Å². The van der Waals surface area contributed by atoms with Crippen molar-refractivity contribution in [3.8, 4) is 0 Å². The van der Waals surface area contributed by atoms with E-state index in [2.05, 4.69) is 0 Å². The van der Waals surface area contributed by atoms with Gasteiger partial charge in [-0.2, -0.15) is 8.61 Å². The Morgan fingerprint density at radius 1 is 0.778 bits per heavy atom. The predicted molar refractivity (Wildman–Crippen MR) is 100 cm³/mol. The van der Waals surface area contributed by atoms with E-state index in [4.69, 9.17) is 23.2 Å². The van der Waals surface area contributed by atoms with Crippen molar-refractivity contribution in [1.82, 2.24) is 8.61 Å². The van der Waals surface area contributed by atoms with Crippen LogP contribution >= 0.6 is 23.2 Å². The molecule has 2 aromatic carbocycles. The van der Waals surface area contributed by atoms with Crippen molar-refractivity contribution < 1.29 is 21.2 Å². The Morgan fingerprint density at radius 2 is 1.30 bits per heavy atom. The van der Waals surface area contributed by atoms with Crippen LogP contribution in [0.4, 0.5) is 4.39 Å². The molecular weight excluding hydrogens is 438 g/mol. The first-order chi connectivity index (χ1) is 12.6. The zero-order valence-corrected chi connectivity index (χ0v) is 17.0. The van der Waals surface area contributed by atoms with Crippen LogP contribution in [0.1, 0.15) is 0 Å². The molecule has 0 atom stereocenters. The van der Waals surface area contributed by atoms with Crippen LogP contribution in [0.5, 0.6) is 0 Å².